The van der Waals surface area contributed by atoms with Crippen molar-refractivity contribution in [1.82, 2.24) is 0 Å². The number of carboxylic acids is 1. The Balaban J connectivity index is 1.60. The Morgan fingerprint density at radius 1 is 1.04 bits per heavy atom. The Kier molecular flexibility index (Phi) is 5.71. The van der Waals surface area contributed by atoms with Gasteiger partial charge in [-0.15, -0.1) is 0 Å². The summed E-state index contributed by atoms with van der Waals surface area (Å²) in [5, 5.41) is 12.3. The third kappa shape index (κ3) is 5.07. The lowest BCUT2D eigenvalue weighted by Crippen LogP contribution is -2.03. The van der Waals surface area contributed by atoms with E-state index in [-0.39, 0.29) is 11.4 Å². The Morgan fingerprint density at radius 3 is 2.48 bits per heavy atom. The van der Waals surface area contributed by atoms with Crippen LogP contribution >= 0.6 is 0 Å². The molecular weight excluding hydrogens is 345 g/mol. The minimum atomic E-state index is -0.947. The second-order valence-electron chi connectivity index (χ2n) is 6.25. The first-order chi connectivity index (χ1) is 13.0. The molecule has 0 saturated carbocycles. The summed E-state index contributed by atoms with van der Waals surface area (Å²) in [5.41, 5.74) is 3.96. The molecule has 0 aliphatic carbocycles. The van der Waals surface area contributed by atoms with Gasteiger partial charge in [0.1, 0.15) is 18.2 Å². The number of benzene rings is 3. The summed E-state index contributed by atoms with van der Waals surface area (Å²) >= 11 is 0. The predicted molar refractivity (Wildman–Crippen MR) is 103 cm³/mol. The quantitative estimate of drug-likeness (QED) is 0.617. The highest BCUT2D eigenvalue weighted by Crippen LogP contribution is 2.21. The molecule has 0 atom stereocenters. The number of aromatic carboxylic acids is 1. The van der Waals surface area contributed by atoms with Gasteiger partial charge in [-0.25, -0.2) is 9.18 Å². The summed E-state index contributed by atoms with van der Waals surface area (Å²) in [5.74, 6) is -0.436. The summed E-state index contributed by atoms with van der Waals surface area (Å²) in [6.45, 7) is 2.91. The number of hydrogen-bond donors (Lipinski definition) is 2. The molecule has 138 valence electrons. The van der Waals surface area contributed by atoms with Gasteiger partial charge in [0, 0.05) is 12.2 Å². The van der Waals surface area contributed by atoms with Gasteiger partial charge in [0.2, 0.25) is 0 Å². The number of nitrogens with one attached hydrogen (secondary N) is 1. The van der Waals surface area contributed by atoms with E-state index in [2.05, 4.69) is 5.32 Å². The van der Waals surface area contributed by atoms with Crippen molar-refractivity contribution < 1.29 is 19.0 Å². The summed E-state index contributed by atoms with van der Waals surface area (Å²) < 4.78 is 18.8. The standard InChI is InChI=1S/C22H20FNO3/c1-15-11-17(13-24-20-4-2-3-18(12-20)22(25)26)7-10-21(15)27-14-16-5-8-19(23)9-6-16/h2-12,24H,13-14H2,1H3,(H,25,26). The van der Waals surface area contributed by atoms with Crippen molar-refractivity contribution in [2.75, 3.05) is 5.32 Å². The van der Waals surface area contributed by atoms with Crippen LogP contribution in [-0.4, -0.2) is 11.1 Å². The SMILES string of the molecule is Cc1cc(CNc2cccc(C(=O)O)c2)ccc1OCc1ccc(F)cc1. The van der Waals surface area contributed by atoms with E-state index < -0.39 is 5.97 Å². The van der Waals surface area contributed by atoms with Gasteiger partial charge < -0.3 is 15.2 Å². The molecule has 3 aromatic carbocycles. The van der Waals surface area contributed by atoms with E-state index in [0.717, 1.165) is 28.1 Å². The van der Waals surface area contributed by atoms with E-state index in [1.165, 1.54) is 12.1 Å². The highest BCUT2D eigenvalue weighted by Gasteiger charge is 2.05. The lowest BCUT2D eigenvalue weighted by Gasteiger charge is -2.12. The Labute approximate surface area is 157 Å². The molecule has 0 radical (unpaired) electrons. The number of aryl methyl sites for hydroxylation is 1. The number of carboxylic acid groups (broad SMARTS) is 1. The van der Waals surface area contributed by atoms with Crippen LogP contribution in [0.25, 0.3) is 0 Å². The van der Waals surface area contributed by atoms with Crippen LogP contribution in [0, 0.1) is 12.7 Å². The molecule has 2 N–H and O–H groups in total. The molecule has 0 unspecified atom stereocenters. The highest BCUT2D eigenvalue weighted by atomic mass is 19.1. The lowest BCUT2D eigenvalue weighted by molar-refractivity contribution is 0.0697. The van der Waals surface area contributed by atoms with Gasteiger partial charge in [0.25, 0.3) is 0 Å². The van der Waals surface area contributed by atoms with Gasteiger partial charge in [-0.1, -0.05) is 30.3 Å². The molecule has 0 aliphatic rings. The fraction of sp³-hybridized carbons (Fsp3) is 0.136. The number of carbonyl (C=O) groups is 1. The number of anilines is 1. The maximum Gasteiger partial charge on any atom is 0.335 e. The lowest BCUT2D eigenvalue weighted by atomic mass is 10.1. The van der Waals surface area contributed by atoms with Crippen molar-refractivity contribution in [2.24, 2.45) is 0 Å². The van der Waals surface area contributed by atoms with Crippen LogP contribution in [0.1, 0.15) is 27.0 Å². The zero-order valence-corrected chi connectivity index (χ0v) is 14.9. The smallest absolute Gasteiger partial charge is 0.335 e. The minimum absolute atomic E-state index is 0.251. The van der Waals surface area contributed by atoms with Gasteiger partial charge in [-0.05, 0) is 60.0 Å². The summed E-state index contributed by atoms with van der Waals surface area (Å²) in [4.78, 5) is 11.0. The minimum Gasteiger partial charge on any atom is -0.489 e. The maximum atomic E-state index is 12.9. The van der Waals surface area contributed by atoms with Crippen molar-refractivity contribution >= 4 is 11.7 Å². The van der Waals surface area contributed by atoms with Crippen LogP contribution in [-0.2, 0) is 13.2 Å². The van der Waals surface area contributed by atoms with Gasteiger partial charge in [0.15, 0.2) is 0 Å². The average Bonchev–Trinajstić information content (AvgIpc) is 2.67. The molecule has 0 amide bonds. The summed E-state index contributed by atoms with van der Waals surface area (Å²) in [6, 6.07) is 18.8. The van der Waals surface area contributed by atoms with Gasteiger partial charge in [-0.3, -0.25) is 0 Å². The highest BCUT2D eigenvalue weighted by molar-refractivity contribution is 5.88. The van der Waals surface area contributed by atoms with E-state index in [1.54, 1.807) is 30.3 Å². The number of halogens is 1. The van der Waals surface area contributed by atoms with Crippen LogP contribution < -0.4 is 10.1 Å². The molecule has 0 bridgehead atoms. The van der Waals surface area contributed by atoms with E-state index in [4.69, 9.17) is 9.84 Å². The Morgan fingerprint density at radius 2 is 1.78 bits per heavy atom. The molecule has 0 aliphatic heterocycles. The van der Waals surface area contributed by atoms with Crippen molar-refractivity contribution in [3.63, 3.8) is 0 Å². The molecular formula is C22H20FNO3. The fourth-order valence-corrected chi connectivity index (χ4v) is 2.69. The molecule has 5 heteroatoms. The van der Waals surface area contributed by atoms with Gasteiger partial charge >= 0.3 is 5.97 Å². The Bertz CT molecular complexity index is 939. The van der Waals surface area contributed by atoms with Crippen LogP contribution in [0.2, 0.25) is 0 Å². The van der Waals surface area contributed by atoms with E-state index in [0.29, 0.717) is 13.2 Å². The topological polar surface area (TPSA) is 58.6 Å². The zero-order valence-electron chi connectivity index (χ0n) is 14.9. The van der Waals surface area contributed by atoms with E-state index >= 15 is 0 Å². The molecule has 0 fully saturated rings. The predicted octanol–water partition coefficient (Wildman–Crippen LogP) is 5.02. The Hall–Kier alpha value is -3.34. The van der Waals surface area contributed by atoms with Crippen LogP contribution in [0.15, 0.2) is 66.7 Å². The number of ether oxygens (including phenoxy) is 1. The second kappa shape index (κ2) is 8.36. The fourth-order valence-electron chi connectivity index (χ4n) is 2.69. The molecule has 27 heavy (non-hydrogen) atoms. The molecule has 0 saturated heterocycles. The molecule has 3 aromatic rings. The van der Waals surface area contributed by atoms with Crippen LogP contribution in [0.3, 0.4) is 0 Å². The largest absolute Gasteiger partial charge is 0.489 e. The van der Waals surface area contributed by atoms with Gasteiger partial charge in [-0.2, -0.15) is 0 Å². The van der Waals surface area contributed by atoms with Crippen LogP contribution in [0.5, 0.6) is 5.75 Å². The van der Waals surface area contributed by atoms with Crippen molar-refractivity contribution in [3.8, 4) is 5.75 Å². The van der Waals surface area contributed by atoms with Gasteiger partial charge in [0.05, 0.1) is 5.56 Å². The van der Waals surface area contributed by atoms with Crippen molar-refractivity contribution in [3.05, 3.63) is 94.8 Å². The summed E-state index contributed by atoms with van der Waals surface area (Å²) in [7, 11) is 0. The zero-order chi connectivity index (χ0) is 19.2. The van der Waals surface area contributed by atoms with Crippen molar-refractivity contribution in [2.45, 2.75) is 20.1 Å². The normalized spacial score (nSPS) is 10.4. The summed E-state index contributed by atoms with van der Waals surface area (Å²) in [6.07, 6.45) is 0. The molecule has 4 nitrogen and oxygen atoms in total. The first-order valence-corrected chi connectivity index (χ1v) is 8.55. The number of hydrogen-bond acceptors (Lipinski definition) is 3. The first kappa shape index (κ1) is 18.5. The average molecular weight is 365 g/mol. The van der Waals surface area contributed by atoms with Crippen molar-refractivity contribution in [1.29, 1.82) is 0 Å². The molecule has 0 aromatic heterocycles. The monoisotopic (exact) mass is 365 g/mol. The maximum absolute atomic E-state index is 12.9. The molecule has 3 rings (SSSR count). The molecule has 0 heterocycles. The molecule has 0 spiro atoms. The van der Waals surface area contributed by atoms with E-state index in [9.17, 15) is 9.18 Å². The first-order valence-electron chi connectivity index (χ1n) is 8.55. The van der Waals surface area contributed by atoms with Crippen LogP contribution in [0.4, 0.5) is 10.1 Å². The third-order valence-corrected chi connectivity index (χ3v) is 4.15. The second-order valence-corrected chi connectivity index (χ2v) is 6.25. The third-order valence-electron chi connectivity index (χ3n) is 4.15. The van der Waals surface area contributed by atoms with E-state index in [1.807, 2.05) is 31.2 Å². The number of rotatable bonds is 7.